The van der Waals surface area contributed by atoms with E-state index >= 15 is 0 Å². The molecule has 124 valence electrons. The molecule has 1 aromatic heterocycles. The third-order valence-corrected chi connectivity index (χ3v) is 4.30. The minimum absolute atomic E-state index is 0.0659. The fraction of sp³-hybridized carbons (Fsp3) is 0.353. The molecule has 2 N–H and O–H groups in total. The van der Waals surface area contributed by atoms with Crippen LogP contribution in [0, 0.1) is 18.3 Å². The molecule has 0 spiro atoms. The second-order valence-corrected chi connectivity index (χ2v) is 5.78. The lowest BCUT2D eigenvalue weighted by Crippen LogP contribution is -2.51. The van der Waals surface area contributed by atoms with Gasteiger partial charge in [0.25, 0.3) is 0 Å². The fourth-order valence-electron chi connectivity index (χ4n) is 2.83. The highest BCUT2D eigenvalue weighted by molar-refractivity contribution is 5.74. The predicted molar refractivity (Wildman–Crippen MR) is 90.5 cm³/mol. The number of amides is 2. The van der Waals surface area contributed by atoms with E-state index in [1.54, 1.807) is 11.1 Å². The fourth-order valence-corrected chi connectivity index (χ4v) is 2.83. The topological polar surface area (TPSA) is 88.1 Å². The molecule has 1 aromatic carbocycles. The van der Waals surface area contributed by atoms with Crippen LogP contribution in [0.1, 0.15) is 16.8 Å². The van der Waals surface area contributed by atoms with Gasteiger partial charge in [-0.25, -0.2) is 4.79 Å². The summed E-state index contributed by atoms with van der Waals surface area (Å²) in [5.41, 5.74) is 3.57. The van der Waals surface area contributed by atoms with Gasteiger partial charge >= 0.3 is 6.03 Å². The number of benzene rings is 1. The number of rotatable bonds is 3. The summed E-state index contributed by atoms with van der Waals surface area (Å²) >= 11 is 0. The molecule has 0 bridgehead atoms. The number of piperazine rings is 1. The predicted octanol–water partition coefficient (Wildman–Crippen LogP) is 1.62. The average molecular weight is 324 g/mol. The summed E-state index contributed by atoms with van der Waals surface area (Å²) in [5.74, 6) is 0. The van der Waals surface area contributed by atoms with E-state index in [2.05, 4.69) is 26.5 Å². The first-order valence-electron chi connectivity index (χ1n) is 7.94. The van der Waals surface area contributed by atoms with Gasteiger partial charge in [0, 0.05) is 44.0 Å². The molecule has 24 heavy (non-hydrogen) atoms. The van der Waals surface area contributed by atoms with Gasteiger partial charge in [0.1, 0.15) is 6.07 Å². The van der Waals surface area contributed by atoms with Gasteiger partial charge in [-0.3, -0.25) is 5.10 Å². The Morgan fingerprint density at radius 3 is 2.75 bits per heavy atom. The van der Waals surface area contributed by atoms with E-state index in [1.165, 1.54) is 0 Å². The summed E-state index contributed by atoms with van der Waals surface area (Å²) in [4.78, 5) is 16.2. The number of hydrogen-bond acceptors (Lipinski definition) is 4. The van der Waals surface area contributed by atoms with Crippen LogP contribution in [0.2, 0.25) is 0 Å². The average Bonchev–Trinajstić information content (AvgIpc) is 3.04. The van der Waals surface area contributed by atoms with E-state index in [0.717, 1.165) is 30.0 Å². The Bertz CT molecular complexity index is 754. The number of carbonyl (C=O) groups excluding carboxylic acids is 1. The van der Waals surface area contributed by atoms with Crippen molar-refractivity contribution in [1.82, 2.24) is 20.4 Å². The lowest BCUT2D eigenvalue weighted by atomic mass is 10.1. The summed E-state index contributed by atoms with van der Waals surface area (Å²) in [5, 5.41) is 18.9. The van der Waals surface area contributed by atoms with Gasteiger partial charge < -0.3 is 15.1 Å². The number of nitrogens with one attached hydrogen (secondary N) is 2. The first-order chi connectivity index (χ1) is 11.7. The van der Waals surface area contributed by atoms with E-state index in [9.17, 15) is 10.1 Å². The van der Waals surface area contributed by atoms with Crippen molar-refractivity contribution in [2.24, 2.45) is 0 Å². The summed E-state index contributed by atoms with van der Waals surface area (Å²) in [6, 6.07) is 9.73. The summed E-state index contributed by atoms with van der Waals surface area (Å²) in [6.45, 7) is 5.11. The molecule has 1 aliphatic heterocycles. The number of para-hydroxylation sites is 1. The Balaban J connectivity index is 1.54. The van der Waals surface area contributed by atoms with Crippen molar-refractivity contribution in [3.8, 4) is 6.07 Å². The number of nitrogens with zero attached hydrogens (tertiary/aromatic N) is 4. The number of hydrogen-bond donors (Lipinski definition) is 2. The lowest BCUT2D eigenvalue weighted by Gasteiger charge is -2.36. The van der Waals surface area contributed by atoms with Crippen LogP contribution in [0.4, 0.5) is 10.5 Å². The van der Waals surface area contributed by atoms with Crippen molar-refractivity contribution in [3.63, 3.8) is 0 Å². The highest BCUT2D eigenvalue weighted by Gasteiger charge is 2.22. The lowest BCUT2D eigenvalue weighted by molar-refractivity contribution is 0.194. The first kappa shape index (κ1) is 15.9. The van der Waals surface area contributed by atoms with Crippen LogP contribution >= 0.6 is 0 Å². The van der Waals surface area contributed by atoms with E-state index in [1.807, 2.05) is 31.2 Å². The van der Waals surface area contributed by atoms with Gasteiger partial charge in [0.05, 0.1) is 17.4 Å². The highest BCUT2D eigenvalue weighted by Crippen LogP contribution is 2.21. The van der Waals surface area contributed by atoms with Crippen LogP contribution in [0.25, 0.3) is 0 Å². The van der Waals surface area contributed by atoms with Crippen LogP contribution < -0.4 is 10.2 Å². The number of nitriles is 1. The third kappa shape index (κ3) is 3.33. The van der Waals surface area contributed by atoms with Crippen LogP contribution in [0.5, 0.6) is 0 Å². The van der Waals surface area contributed by atoms with Crippen molar-refractivity contribution < 1.29 is 4.79 Å². The number of carbonyl (C=O) groups is 1. The highest BCUT2D eigenvalue weighted by atomic mass is 16.2. The van der Waals surface area contributed by atoms with Crippen molar-refractivity contribution in [2.75, 3.05) is 31.1 Å². The normalized spacial score (nSPS) is 14.3. The Kier molecular flexibility index (Phi) is 4.66. The molecular formula is C17H20N6O. The Morgan fingerprint density at radius 1 is 1.33 bits per heavy atom. The molecule has 0 radical (unpaired) electrons. The Hall–Kier alpha value is -3.01. The summed E-state index contributed by atoms with van der Waals surface area (Å²) in [6.07, 6.45) is 1.73. The van der Waals surface area contributed by atoms with Gasteiger partial charge in [0.15, 0.2) is 0 Å². The van der Waals surface area contributed by atoms with Crippen LogP contribution in [-0.4, -0.2) is 47.3 Å². The molecule has 1 fully saturated rings. The second kappa shape index (κ2) is 7.04. The van der Waals surface area contributed by atoms with E-state index in [-0.39, 0.29) is 6.03 Å². The third-order valence-electron chi connectivity index (χ3n) is 4.30. The first-order valence-corrected chi connectivity index (χ1v) is 7.94. The number of aromatic nitrogens is 2. The van der Waals surface area contributed by atoms with Gasteiger partial charge in [-0.2, -0.15) is 10.4 Å². The molecule has 2 heterocycles. The largest absolute Gasteiger partial charge is 0.367 e. The zero-order valence-electron chi connectivity index (χ0n) is 13.6. The molecule has 7 nitrogen and oxygen atoms in total. The minimum Gasteiger partial charge on any atom is -0.367 e. The zero-order valence-corrected chi connectivity index (χ0v) is 13.6. The summed E-state index contributed by atoms with van der Waals surface area (Å²) < 4.78 is 0. The van der Waals surface area contributed by atoms with Crippen molar-refractivity contribution >= 4 is 11.7 Å². The van der Waals surface area contributed by atoms with E-state index in [0.29, 0.717) is 25.2 Å². The molecule has 2 amide bonds. The molecule has 3 rings (SSSR count). The van der Waals surface area contributed by atoms with Crippen molar-refractivity contribution in [2.45, 2.75) is 13.5 Å². The van der Waals surface area contributed by atoms with E-state index < -0.39 is 0 Å². The quantitative estimate of drug-likeness (QED) is 0.898. The smallest absolute Gasteiger partial charge is 0.317 e. The summed E-state index contributed by atoms with van der Waals surface area (Å²) in [7, 11) is 0. The molecule has 0 saturated carbocycles. The monoisotopic (exact) mass is 324 g/mol. The van der Waals surface area contributed by atoms with E-state index in [4.69, 9.17) is 0 Å². The Labute approximate surface area is 140 Å². The maximum Gasteiger partial charge on any atom is 0.317 e. The van der Waals surface area contributed by atoms with Crippen molar-refractivity contribution in [1.29, 1.82) is 5.26 Å². The number of aryl methyl sites for hydroxylation is 1. The molecular weight excluding hydrogens is 304 g/mol. The molecule has 0 aliphatic carbocycles. The van der Waals surface area contributed by atoms with Gasteiger partial charge in [-0.05, 0) is 19.1 Å². The maximum atomic E-state index is 12.3. The number of urea groups is 1. The zero-order chi connectivity index (χ0) is 16.9. The van der Waals surface area contributed by atoms with Gasteiger partial charge in [0.2, 0.25) is 0 Å². The SMILES string of the molecule is Cc1[nH]ncc1CNC(=O)N1CCN(c2ccccc2C#N)CC1. The molecule has 7 heteroatoms. The molecule has 1 aliphatic rings. The molecule has 1 saturated heterocycles. The molecule has 2 aromatic rings. The van der Waals surface area contributed by atoms with Gasteiger partial charge in [-0.15, -0.1) is 0 Å². The minimum atomic E-state index is -0.0659. The van der Waals surface area contributed by atoms with Crippen LogP contribution in [0.3, 0.4) is 0 Å². The van der Waals surface area contributed by atoms with Crippen LogP contribution in [-0.2, 0) is 6.54 Å². The van der Waals surface area contributed by atoms with Crippen molar-refractivity contribution in [3.05, 3.63) is 47.3 Å². The molecule has 0 unspecified atom stereocenters. The van der Waals surface area contributed by atoms with Gasteiger partial charge in [-0.1, -0.05) is 12.1 Å². The standard InChI is InChI=1S/C17H20N6O/c1-13-15(12-20-21-13)11-19-17(24)23-8-6-22(7-9-23)16-5-3-2-4-14(16)10-18/h2-5,12H,6-9,11H2,1H3,(H,19,24)(H,20,21). The maximum absolute atomic E-state index is 12.3. The number of aromatic amines is 1. The Morgan fingerprint density at radius 2 is 2.08 bits per heavy atom. The van der Waals surface area contributed by atoms with Crippen LogP contribution in [0.15, 0.2) is 30.5 Å². The molecule has 0 atom stereocenters. The number of anilines is 1. The second-order valence-electron chi connectivity index (χ2n) is 5.78. The number of H-pyrrole nitrogens is 1.